The predicted octanol–water partition coefficient (Wildman–Crippen LogP) is 1.80. The molecule has 0 radical (unpaired) electrons. The van der Waals surface area contributed by atoms with Crippen LogP contribution in [0.2, 0.25) is 0 Å². The smallest absolute Gasteiger partial charge is 0.0543 e. The molecule has 1 aliphatic carbocycles. The highest BCUT2D eigenvalue weighted by Crippen LogP contribution is 2.28. The Labute approximate surface area is 57.1 Å². The van der Waals surface area contributed by atoms with Gasteiger partial charge in [0.15, 0.2) is 0 Å². The second kappa shape index (κ2) is 2.70. The standard InChI is InChI=1S/C8H16O/c1-6-3-4-8(9)5-7(6)2/h6-9H,3-5H2,1-2H3/t6-,7-,8-/m0/s1. The van der Waals surface area contributed by atoms with E-state index < -0.39 is 0 Å². The van der Waals surface area contributed by atoms with Crippen molar-refractivity contribution in [3.8, 4) is 0 Å². The van der Waals surface area contributed by atoms with Gasteiger partial charge in [-0.2, -0.15) is 0 Å². The maximum atomic E-state index is 9.20. The summed E-state index contributed by atoms with van der Waals surface area (Å²) in [5, 5.41) is 9.20. The molecule has 1 aliphatic rings. The lowest BCUT2D eigenvalue weighted by atomic mass is 9.80. The number of hydrogen-bond acceptors (Lipinski definition) is 1. The van der Waals surface area contributed by atoms with Gasteiger partial charge in [0, 0.05) is 0 Å². The molecule has 1 nitrogen and oxygen atoms in total. The van der Waals surface area contributed by atoms with Gasteiger partial charge >= 0.3 is 0 Å². The van der Waals surface area contributed by atoms with Gasteiger partial charge in [-0.1, -0.05) is 13.8 Å². The normalized spacial score (nSPS) is 45.0. The van der Waals surface area contributed by atoms with Gasteiger partial charge in [0.1, 0.15) is 0 Å². The highest BCUT2D eigenvalue weighted by atomic mass is 16.3. The molecule has 1 heteroatoms. The molecule has 0 aromatic carbocycles. The minimum absolute atomic E-state index is 0.00352. The second-order valence-corrected chi connectivity index (χ2v) is 3.42. The number of aliphatic hydroxyl groups is 1. The van der Waals surface area contributed by atoms with Crippen molar-refractivity contribution < 1.29 is 5.11 Å². The van der Waals surface area contributed by atoms with Crippen LogP contribution in [0.3, 0.4) is 0 Å². The van der Waals surface area contributed by atoms with E-state index in [4.69, 9.17) is 0 Å². The van der Waals surface area contributed by atoms with Crippen molar-refractivity contribution in [1.82, 2.24) is 0 Å². The third-order valence-corrected chi connectivity index (χ3v) is 2.57. The highest BCUT2D eigenvalue weighted by Gasteiger charge is 2.22. The lowest BCUT2D eigenvalue weighted by Crippen LogP contribution is -2.23. The van der Waals surface area contributed by atoms with E-state index in [1.807, 2.05) is 0 Å². The Hall–Kier alpha value is -0.0400. The molecule has 0 aromatic heterocycles. The van der Waals surface area contributed by atoms with Gasteiger partial charge in [-0.3, -0.25) is 0 Å². The van der Waals surface area contributed by atoms with E-state index in [1.165, 1.54) is 6.42 Å². The summed E-state index contributed by atoms with van der Waals surface area (Å²) in [7, 11) is 0. The molecular formula is C8H16O. The van der Waals surface area contributed by atoms with Crippen LogP contribution in [0.1, 0.15) is 33.1 Å². The Morgan fingerprint density at radius 3 is 2.22 bits per heavy atom. The summed E-state index contributed by atoms with van der Waals surface area (Å²) < 4.78 is 0. The molecule has 1 fully saturated rings. The van der Waals surface area contributed by atoms with Crippen molar-refractivity contribution in [1.29, 1.82) is 0 Å². The molecule has 0 saturated heterocycles. The van der Waals surface area contributed by atoms with Crippen LogP contribution in [0, 0.1) is 11.8 Å². The highest BCUT2D eigenvalue weighted by molar-refractivity contribution is 4.73. The minimum atomic E-state index is -0.00352. The molecule has 0 aliphatic heterocycles. The SMILES string of the molecule is C[C@H]1CC[C@H](O)C[C@@H]1C. The van der Waals surface area contributed by atoms with E-state index in [1.54, 1.807) is 0 Å². The first kappa shape index (κ1) is 7.07. The molecule has 1 N–H and O–H groups in total. The van der Waals surface area contributed by atoms with E-state index in [0.717, 1.165) is 24.7 Å². The van der Waals surface area contributed by atoms with Crippen molar-refractivity contribution in [2.45, 2.75) is 39.2 Å². The van der Waals surface area contributed by atoms with Crippen LogP contribution >= 0.6 is 0 Å². The van der Waals surface area contributed by atoms with Crippen molar-refractivity contribution in [3.05, 3.63) is 0 Å². The van der Waals surface area contributed by atoms with Crippen LogP contribution < -0.4 is 0 Å². The Balaban J connectivity index is 2.35. The third kappa shape index (κ3) is 1.68. The van der Waals surface area contributed by atoms with E-state index >= 15 is 0 Å². The number of hydrogen-bond donors (Lipinski definition) is 1. The molecule has 9 heavy (non-hydrogen) atoms. The molecule has 0 heterocycles. The zero-order valence-electron chi connectivity index (χ0n) is 6.30. The van der Waals surface area contributed by atoms with Gasteiger partial charge in [-0.25, -0.2) is 0 Å². The van der Waals surface area contributed by atoms with Crippen LogP contribution in [0.4, 0.5) is 0 Å². The largest absolute Gasteiger partial charge is 0.393 e. The van der Waals surface area contributed by atoms with Gasteiger partial charge in [-0.05, 0) is 31.1 Å². The average Bonchev–Trinajstić information content (AvgIpc) is 1.80. The summed E-state index contributed by atoms with van der Waals surface area (Å²) >= 11 is 0. The quantitative estimate of drug-likeness (QED) is 0.527. The Morgan fingerprint density at radius 1 is 1.11 bits per heavy atom. The molecule has 0 unspecified atom stereocenters. The van der Waals surface area contributed by atoms with E-state index in [0.29, 0.717) is 0 Å². The maximum Gasteiger partial charge on any atom is 0.0543 e. The van der Waals surface area contributed by atoms with Crippen LogP contribution in [0.5, 0.6) is 0 Å². The number of aliphatic hydroxyl groups excluding tert-OH is 1. The average molecular weight is 128 g/mol. The molecule has 1 rings (SSSR count). The van der Waals surface area contributed by atoms with Gasteiger partial charge in [0.25, 0.3) is 0 Å². The topological polar surface area (TPSA) is 20.2 Å². The molecule has 54 valence electrons. The zero-order chi connectivity index (χ0) is 6.85. The van der Waals surface area contributed by atoms with Gasteiger partial charge in [0.2, 0.25) is 0 Å². The third-order valence-electron chi connectivity index (χ3n) is 2.57. The van der Waals surface area contributed by atoms with Crippen LogP contribution in [-0.2, 0) is 0 Å². The van der Waals surface area contributed by atoms with Crippen LogP contribution in [-0.4, -0.2) is 11.2 Å². The first-order valence-corrected chi connectivity index (χ1v) is 3.88. The summed E-state index contributed by atoms with van der Waals surface area (Å²) in [5.41, 5.74) is 0. The fourth-order valence-corrected chi connectivity index (χ4v) is 1.52. The van der Waals surface area contributed by atoms with Crippen LogP contribution in [0.25, 0.3) is 0 Å². The first-order chi connectivity index (χ1) is 4.20. The predicted molar refractivity (Wildman–Crippen MR) is 38.2 cm³/mol. The van der Waals surface area contributed by atoms with Gasteiger partial charge in [-0.15, -0.1) is 0 Å². The molecule has 3 atom stereocenters. The van der Waals surface area contributed by atoms with Crippen molar-refractivity contribution in [3.63, 3.8) is 0 Å². The van der Waals surface area contributed by atoms with E-state index in [-0.39, 0.29) is 6.10 Å². The number of rotatable bonds is 0. The fraction of sp³-hybridized carbons (Fsp3) is 1.00. The Kier molecular flexibility index (Phi) is 2.12. The maximum absolute atomic E-state index is 9.20. The lowest BCUT2D eigenvalue weighted by molar-refractivity contribution is 0.0807. The van der Waals surface area contributed by atoms with Gasteiger partial charge < -0.3 is 5.11 Å². The minimum Gasteiger partial charge on any atom is -0.393 e. The second-order valence-electron chi connectivity index (χ2n) is 3.42. The van der Waals surface area contributed by atoms with Crippen molar-refractivity contribution in [2.75, 3.05) is 0 Å². The Morgan fingerprint density at radius 2 is 1.78 bits per heavy atom. The Bertz CT molecular complexity index is 90.6. The van der Waals surface area contributed by atoms with E-state index in [9.17, 15) is 5.11 Å². The monoisotopic (exact) mass is 128 g/mol. The summed E-state index contributed by atoms with van der Waals surface area (Å²) in [6.07, 6.45) is 3.24. The molecular weight excluding hydrogens is 112 g/mol. The molecule has 0 amide bonds. The van der Waals surface area contributed by atoms with Crippen LogP contribution in [0.15, 0.2) is 0 Å². The molecule has 0 bridgehead atoms. The summed E-state index contributed by atoms with van der Waals surface area (Å²) in [6.45, 7) is 4.50. The summed E-state index contributed by atoms with van der Waals surface area (Å²) in [4.78, 5) is 0. The van der Waals surface area contributed by atoms with E-state index in [2.05, 4.69) is 13.8 Å². The first-order valence-electron chi connectivity index (χ1n) is 3.88. The molecule has 0 spiro atoms. The fourth-order valence-electron chi connectivity index (χ4n) is 1.52. The van der Waals surface area contributed by atoms with Gasteiger partial charge in [0.05, 0.1) is 6.10 Å². The van der Waals surface area contributed by atoms with Crippen molar-refractivity contribution in [2.24, 2.45) is 11.8 Å². The summed E-state index contributed by atoms with van der Waals surface area (Å²) in [6, 6.07) is 0. The lowest BCUT2D eigenvalue weighted by Gasteiger charge is -2.28. The van der Waals surface area contributed by atoms with Crippen molar-refractivity contribution >= 4 is 0 Å². The summed E-state index contributed by atoms with van der Waals surface area (Å²) in [5.74, 6) is 1.56. The molecule has 1 saturated carbocycles. The molecule has 0 aromatic rings. The zero-order valence-corrected chi connectivity index (χ0v) is 6.30.